The largest absolute Gasteiger partial charge is 0.0622 e. The van der Waals surface area contributed by atoms with Gasteiger partial charge in [-0.1, -0.05) is 44.2 Å². The minimum atomic E-state index is -0.457. The Kier molecular flexibility index (Phi) is 1.50. The Balaban J connectivity index is 2.97. The average Bonchev–Trinajstić information content (AvgIpc) is 1.88. The highest BCUT2D eigenvalue weighted by Gasteiger charge is 1.93. The smallest absolute Gasteiger partial charge is 0.0347 e. The van der Waals surface area contributed by atoms with E-state index in [1.54, 1.807) is 0 Å². The molecule has 1 aromatic rings. The van der Waals surface area contributed by atoms with Crippen LogP contribution >= 0.6 is 0 Å². The summed E-state index contributed by atoms with van der Waals surface area (Å²) < 4.78 is 7.67. The first-order chi connectivity index (χ1) is 4.61. The summed E-state index contributed by atoms with van der Waals surface area (Å²) in [6, 6.07) is 9.85. The minimum Gasteiger partial charge on any atom is -0.0622 e. The standard InChI is InChI=1S/C9H12/c1-8(2)9-6-4-3-5-7-9/h3-8H,1-2H3/i8D. The molecule has 0 radical (unpaired) electrons. The van der Waals surface area contributed by atoms with Gasteiger partial charge in [0.05, 0.1) is 0 Å². The fourth-order valence-corrected chi connectivity index (χ4v) is 0.771. The lowest BCUT2D eigenvalue weighted by Gasteiger charge is -2.01. The monoisotopic (exact) mass is 121 g/mol. The van der Waals surface area contributed by atoms with E-state index >= 15 is 0 Å². The van der Waals surface area contributed by atoms with E-state index in [9.17, 15) is 0 Å². The zero-order chi connectivity index (χ0) is 7.61. The van der Waals surface area contributed by atoms with Crippen LogP contribution in [0.2, 0.25) is 0 Å². The van der Waals surface area contributed by atoms with Crippen molar-refractivity contribution in [1.29, 1.82) is 0 Å². The molecular formula is C9H12. The van der Waals surface area contributed by atoms with Crippen molar-refractivity contribution in [3.63, 3.8) is 0 Å². The minimum absolute atomic E-state index is 0.457. The molecule has 0 saturated carbocycles. The Morgan fingerprint density at radius 2 is 1.78 bits per heavy atom. The summed E-state index contributed by atoms with van der Waals surface area (Å²) in [6.45, 7) is 3.78. The molecule has 0 heterocycles. The average molecular weight is 121 g/mol. The summed E-state index contributed by atoms with van der Waals surface area (Å²) in [4.78, 5) is 0. The SMILES string of the molecule is [2H]C(C)(C)c1ccccc1. The number of hydrogen-bond donors (Lipinski definition) is 0. The first kappa shape index (κ1) is 5.04. The molecule has 0 aliphatic carbocycles. The van der Waals surface area contributed by atoms with Crippen LogP contribution < -0.4 is 0 Å². The van der Waals surface area contributed by atoms with Crippen molar-refractivity contribution in [2.24, 2.45) is 0 Å². The predicted octanol–water partition coefficient (Wildman–Crippen LogP) is 2.81. The maximum absolute atomic E-state index is 7.67. The van der Waals surface area contributed by atoms with Crippen LogP contribution in [0.5, 0.6) is 0 Å². The van der Waals surface area contributed by atoms with Crippen LogP contribution in [-0.2, 0) is 0 Å². The molecule has 0 aliphatic heterocycles. The number of rotatable bonds is 1. The van der Waals surface area contributed by atoms with Crippen LogP contribution in [0.15, 0.2) is 30.3 Å². The summed E-state index contributed by atoms with van der Waals surface area (Å²) in [6.07, 6.45) is 0. The van der Waals surface area contributed by atoms with E-state index in [1.807, 2.05) is 44.2 Å². The van der Waals surface area contributed by atoms with Gasteiger partial charge < -0.3 is 0 Å². The second-order valence-corrected chi connectivity index (χ2v) is 2.37. The quantitative estimate of drug-likeness (QED) is 0.536. The summed E-state index contributed by atoms with van der Waals surface area (Å²) in [7, 11) is 0. The molecule has 0 aromatic heterocycles. The lowest BCUT2D eigenvalue weighted by molar-refractivity contribution is 0.867. The van der Waals surface area contributed by atoms with Gasteiger partial charge in [-0.25, -0.2) is 0 Å². The van der Waals surface area contributed by atoms with Crippen molar-refractivity contribution < 1.29 is 1.37 Å². The van der Waals surface area contributed by atoms with E-state index < -0.39 is 5.89 Å². The van der Waals surface area contributed by atoms with Gasteiger partial charge in [0.15, 0.2) is 0 Å². The number of hydrogen-bond acceptors (Lipinski definition) is 0. The van der Waals surface area contributed by atoms with Gasteiger partial charge in [-0.15, -0.1) is 0 Å². The van der Waals surface area contributed by atoms with Crippen molar-refractivity contribution in [2.45, 2.75) is 19.7 Å². The van der Waals surface area contributed by atoms with Crippen molar-refractivity contribution in [1.82, 2.24) is 0 Å². The van der Waals surface area contributed by atoms with Gasteiger partial charge in [-0.05, 0) is 11.5 Å². The van der Waals surface area contributed by atoms with E-state index in [0.29, 0.717) is 0 Å². The van der Waals surface area contributed by atoms with Gasteiger partial charge >= 0.3 is 0 Å². The van der Waals surface area contributed by atoms with Gasteiger partial charge in [0.1, 0.15) is 0 Å². The Hall–Kier alpha value is -0.780. The maximum atomic E-state index is 7.67. The first-order valence-corrected chi connectivity index (χ1v) is 3.16. The number of benzene rings is 1. The topological polar surface area (TPSA) is 0 Å². The van der Waals surface area contributed by atoms with Crippen molar-refractivity contribution in [2.75, 3.05) is 0 Å². The molecule has 1 aromatic carbocycles. The highest BCUT2D eigenvalue weighted by atomic mass is 14.0. The molecule has 0 bridgehead atoms. The first-order valence-electron chi connectivity index (χ1n) is 3.66. The Bertz CT molecular complexity index is 196. The lowest BCUT2D eigenvalue weighted by Crippen LogP contribution is -1.83. The lowest BCUT2D eigenvalue weighted by atomic mass is 10.0. The molecule has 1 rings (SSSR count). The second kappa shape index (κ2) is 2.67. The predicted molar refractivity (Wildman–Crippen MR) is 40.5 cm³/mol. The van der Waals surface area contributed by atoms with Crippen molar-refractivity contribution in [3.8, 4) is 0 Å². The third-order valence-corrected chi connectivity index (χ3v) is 1.35. The molecule has 9 heavy (non-hydrogen) atoms. The summed E-state index contributed by atoms with van der Waals surface area (Å²) in [5.41, 5.74) is 1.06. The van der Waals surface area contributed by atoms with Crippen LogP contribution in [0.3, 0.4) is 0 Å². The molecular weight excluding hydrogens is 108 g/mol. The highest BCUT2D eigenvalue weighted by molar-refractivity contribution is 5.17. The van der Waals surface area contributed by atoms with Crippen LogP contribution in [0.1, 0.15) is 26.7 Å². The molecule has 0 aliphatic rings. The molecule has 0 spiro atoms. The van der Waals surface area contributed by atoms with E-state index in [1.165, 1.54) is 0 Å². The van der Waals surface area contributed by atoms with Crippen LogP contribution in [0.4, 0.5) is 0 Å². The van der Waals surface area contributed by atoms with Gasteiger partial charge in [0.2, 0.25) is 0 Å². The highest BCUT2D eigenvalue weighted by Crippen LogP contribution is 2.11. The van der Waals surface area contributed by atoms with E-state index in [0.717, 1.165) is 5.56 Å². The van der Waals surface area contributed by atoms with E-state index in [4.69, 9.17) is 1.37 Å². The third-order valence-electron chi connectivity index (χ3n) is 1.35. The summed E-state index contributed by atoms with van der Waals surface area (Å²) in [5, 5.41) is 0. The molecule has 0 saturated heterocycles. The molecule has 0 amide bonds. The van der Waals surface area contributed by atoms with Gasteiger partial charge in [0, 0.05) is 1.37 Å². The Morgan fingerprint density at radius 3 is 2.11 bits per heavy atom. The third kappa shape index (κ3) is 1.56. The van der Waals surface area contributed by atoms with Crippen LogP contribution in [0, 0.1) is 0 Å². The summed E-state index contributed by atoms with van der Waals surface area (Å²) >= 11 is 0. The zero-order valence-corrected chi connectivity index (χ0v) is 5.89. The maximum Gasteiger partial charge on any atom is 0.0347 e. The van der Waals surface area contributed by atoms with E-state index in [2.05, 4.69) is 0 Å². The Labute approximate surface area is 57.9 Å². The molecule has 0 atom stereocenters. The van der Waals surface area contributed by atoms with Crippen LogP contribution in [-0.4, -0.2) is 0 Å². The fourth-order valence-electron chi connectivity index (χ4n) is 0.771. The normalized spacial score (nSPS) is 12.9. The van der Waals surface area contributed by atoms with E-state index in [-0.39, 0.29) is 0 Å². The Morgan fingerprint density at radius 1 is 1.22 bits per heavy atom. The van der Waals surface area contributed by atoms with Gasteiger partial charge in [-0.2, -0.15) is 0 Å². The zero-order valence-electron chi connectivity index (χ0n) is 6.89. The molecule has 0 fully saturated rings. The van der Waals surface area contributed by atoms with Gasteiger partial charge in [0.25, 0.3) is 0 Å². The molecule has 48 valence electrons. The van der Waals surface area contributed by atoms with Crippen molar-refractivity contribution >= 4 is 0 Å². The molecule has 0 N–H and O–H groups in total. The van der Waals surface area contributed by atoms with Crippen molar-refractivity contribution in [3.05, 3.63) is 35.9 Å². The molecule has 0 nitrogen and oxygen atoms in total. The molecule has 0 unspecified atom stereocenters. The fraction of sp³-hybridized carbons (Fsp3) is 0.333. The molecule has 0 heteroatoms. The van der Waals surface area contributed by atoms with Gasteiger partial charge in [-0.3, -0.25) is 0 Å². The summed E-state index contributed by atoms with van der Waals surface area (Å²) in [5.74, 6) is -0.457. The van der Waals surface area contributed by atoms with Crippen LogP contribution in [0.25, 0.3) is 0 Å². The second-order valence-electron chi connectivity index (χ2n) is 2.37.